The first kappa shape index (κ1) is 11.8. The molecule has 0 amide bonds. The maximum atomic E-state index is 5.52. The van der Waals surface area contributed by atoms with E-state index in [0.29, 0.717) is 5.92 Å². The van der Waals surface area contributed by atoms with E-state index in [0.717, 1.165) is 36.4 Å². The van der Waals surface area contributed by atoms with Crippen LogP contribution >= 0.6 is 0 Å². The Hall–Kier alpha value is -1.68. The van der Waals surface area contributed by atoms with Crippen LogP contribution in [0.25, 0.3) is 11.0 Å². The lowest BCUT2D eigenvalue weighted by Gasteiger charge is -2.11. The third-order valence-electron chi connectivity index (χ3n) is 2.74. The number of aromatic nitrogens is 2. The standard InChI is InChI=1S/C13H18N4/c1-10(6-7-14)8-16-13-9-15-11-4-2-3-5-12(11)17-13/h2-5,9-10H,6-8,14H2,1H3,(H,16,17). The number of benzene rings is 1. The van der Waals surface area contributed by atoms with E-state index in [1.807, 2.05) is 24.3 Å². The summed E-state index contributed by atoms with van der Waals surface area (Å²) in [4.78, 5) is 8.86. The summed E-state index contributed by atoms with van der Waals surface area (Å²) < 4.78 is 0. The van der Waals surface area contributed by atoms with Gasteiger partial charge in [-0.15, -0.1) is 0 Å². The van der Waals surface area contributed by atoms with Crippen LogP contribution in [0.5, 0.6) is 0 Å². The Balaban J connectivity index is 2.04. The molecule has 0 spiro atoms. The van der Waals surface area contributed by atoms with E-state index in [2.05, 4.69) is 22.2 Å². The third kappa shape index (κ3) is 3.14. The Kier molecular flexibility index (Phi) is 3.88. The van der Waals surface area contributed by atoms with Gasteiger partial charge >= 0.3 is 0 Å². The van der Waals surface area contributed by atoms with Crippen LogP contribution in [0.15, 0.2) is 30.5 Å². The summed E-state index contributed by atoms with van der Waals surface area (Å²) in [5, 5.41) is 3.29. The van der Waals surface area contributed by atoms with Crippen LogP contribution in [0.2, 0.25) is 0 Å². The molecule has 1 aromatic carbocycles. The monoisotopic (exact) mass is 230 g/mol. The quantitative estimate of drug-likeness (QED) is 0.825. The molecule has 0 aliphatic rings. The van der Waals surface area contributed by atoms with Crippen LogP contribution in [0.1, 0.15) is 13.3 Å². The molecule has 1 atom stereocenters. The number of para-hydroxylation sites is 2. The lowest BCUT2D eigenvalue weighted by atomic mass is 10.1. The number of anilines is 1. The molecule has 0 bridgehead atoms. The fraction of sp³-hybridized carbons (Fsp3) is 0.385. The van der Waals surface area contributed by atoms with E-state index in [4.69, 9.17) is 5.73 Å². The summed E-state index contributed by atoms with van der Waals surface area (Å²) in [6, 6.07) is 7.87. The molecular formula is C13H18N4. The molecule has 4 heteroatoms. The van der Waals surface area contributed by atoms with E-state index in [9.17, 15) is 0 Å². The zero-order chi connectivity index (χ0) is 12.1. The first-order valence-electron chi connectivity index (χ1n) is 5.95. The van der Waals surface area contributed by atoms with Gasteiger partial charge in [0, 0.05) is 6.54 Å². The summed E-state index contributed by atoms with van der Waals surface area (Å²) >= 11 is 0. The first-order valence-corrected chi connectivity index (χ1v) is 5.95. The predicted octanol–water partition coefficient (Wildman–Crippen LogP) is 2.03. The third-order valence-corrected chi connectivity index (χ3v) is 2.74. The molecule has 0 fully saturated rings. The molecule has 90 valence electrons. The van der Waals surface area contributed by atoms with Crippen LogP contribution in [0.4, 0.5) is 5.82 Å². The smallest absolute Gasteiger partial charge is 0.145 e. The highest BCUT2D eigenvalue weighted by Crippen LogP contribution is 2.12. The molecule has 0 saturated heterocycles. The van der Waals surface area contributed by atoms with Crippen LogP contribution in [-0.2, 0) is 0 Å². The summed E-state index contributed by atoms with van der Waals surface area (Å²) in [5.74, 6) is 1.38. The fourth-order valence-corrected chi connectivity index (χ4v) is 1.71. The van der Waals surface area contributed by atoms with Gasteiger partial charge in [0.15, 0.2) is 0 Å². The zero-order valence-corrected chi connectivity index (χ0v) is 10.1. The Bertz CT molecular complexity index is 484. The minimum Gasteiger partial charge on any atom is -0.369 e. The van der Waals surface area contributed by atoms with E-state index < -0.39 is 0 Å². The number of fused-ring (bicyclic) bond motifs is 1. The van der Waals surface area contributed by atoms with Gasteiger partial charge in [-0.3, -0.25) is 4.98 Å². The van der Waals surface area contributed by atoms with Crippen molar-refractivity contribution in [1.29, 1.82) is 0 Å². The normalized spacial score (nSPS) is 12.6. The van der Waals surface area contributed by atoms with Gasteiger partial charge in [-0.25, -0.2) is 4.98 Å². The van der Waals surface area contributed by atoms with Crippen molar-refractivity contribution in [1.82, 2.24) is 9.97 Å². The minimum atomic E-state index is 0.549. The summed E-state index contributed by atoms with van der Waals surface area (Å²) in [6.07, 6.45) is 2.80. The molecule has 2 rings (SSSR count). The van der Waals surface area contributed by atoms with Gasteiger partial charge in [-0.05, 0) is 31.0 Å². The van der Waals surface area contributed by atoms with Crippen LogP contribution in [-0.4, -0.2) is 23.1 Å². The van der Waals surface area contributed by atoms with E-state index in [-0.39, 0.29) is 0 Å². The number of nitrogens with two attached hydrogens (primary N) is 1. The molecule has 2 aromatic rings. The highest BCUT2D eigenvalue weighted by Gasteiger charge is 2.02. The lowest BCUT2D eigenvalue weighted by Crippen LogP contribution is -2.15. The second kappa shape index (κ2) is 5.59. The number of nitrogens with one attached hydrogen (secondary N) is 1. The number of rotatable bonds is 5. The van der Waals surface area contributed by atoms with E-state index in [1.165, 1.54) is 0 Å². The second-order valence-corrected chi connectivity index (χ2v) is 4.31. The molecule has 0 aliphatic heterocycles. The van der Waals surface area contributed by atoms with Gasteiger partial charge < -0.3 is 11.1 Å². The lowest BCUT2D eigenvalue weighted by molar-refractivity contribution is 0.567. The molecule has 17 heavy (non-hydrogen) atoms. The zero-order valence-electron chi connectivity index (χ0n) is 10.1. The SMILES string of the molecule is CC(CCN)CNc1cnc2ccccc2n1. The molecule has 1 unspecified atom stereocenters. The molecule has 1 aromatic heterocycles. The van der Waals surface area contributed by atoms with Gasteiger partial charge in [0.1, 0.15) is 5.82 Å². The van der Waals surface area contributed by atoms with Crippen molar-refractivity contribution in [3.63, 3.8) is 0 Å². The van der Waals surface area contributed by atoms with Crippen molar-refractivity contribution < 1.29 is 0 Å². The van der Waals surface area contributed by atoms with E-state index in [1.54, 1.807) is 6.20 Å². The molecule has 1 heterocycles. The van der Waals surface area contributed by atoms with Crippen molar-refractivity contribution in [3.8, 4) is 0 Å². The average Bonchev–Trinajstić information content (AvgIpc) is 2.36. The van der Waals surface area contributed by atoms with Crippen LogP contribution in [0.3, 0.4) is 0 Å². The Morgan fingerprint density at radius 2 is 2.06 bits per heavy atom. The van der Waals surface area contributed by atoms with Crippen molar-refractivity contribution in [3.05, 3.63) is 30.5 Å². The van der Waals surface area contributed by atoms with Gasteiger partial charge in [0.25, 0.3) is 0 Å². The highest BCUT2D eigenvalue weighted by molar-refractivity contribution is 5.75. The van der Waals surface area contributed by atoms with Gasteiger partial charge in [0.2, 0.25) is 0 Å². The molecule has 0 aliphatic carbocycles. The largest absolute Gasteiger partial charge is 0.369 e. The summed E-state index contributed by atoms with van der Waals surface area (Å²) in [6.45, 7) is 3.78. The van der Waals surface area contributed by atoms with Gasteiger partial charge in [-0.2, -0.15) is 0 Å². The molecular weight excluding hydrogens is 212 g/mol. The van der Waals surface area contributed by atoms with Crippen molar-refractivity contribution >= 4 is 16.9 Å². The first-order chi connectivity index (χ1) is 8.29. The molecule has 0 radical (unpaired) electrons. The summed E-state index contributed by atoms with van der Waals surface area (Å²) in [7, 11) is 0. The average molecular weight is 230 g/mol. The van der Waals surface area contributed by atoms with Crippen molar-refractivity contribution in [2.75, 3.05) is 18.4 Å². The fourth-order valence-electron chi connectivity index (χ4n) is 1.71. The predicted molar refractivity (Wildman–Crippen MR) is 70.9 cm³/mol. The van der Waals surface area contributed by atoms with Crippen molar-refractivity contribution in [2.45, 2.75) is 13.3 Å². The summed E-state index contributed by atoms with van der Waals surface area (Å²) in [5.41, 5.74) is 7.36. The minimum absolute atomic E-state index is 0.549. The molecule has 0 saturated carbocycles. The Morgan fingerprint density at radius 3 is 2.82 bits per heavy atom. The van der Waals surface area contributed by atoms with Gasteiger partial charge in [0.05, 0.1) is 17.2 Å². The number of hydrogen-bond donors (Lipinski definition) is 2. The Labute approximate surface area is 101 Å². The van der Waals surface area contributed by atoms with Crippen LogP contribution in [0, 0.1) is 5.92 Å². The highest BCUT2D eigenvalue weighted by atomic mass is 15.0. The van der Waals surface area contributed by atoms with E-state index >= 15 is 0 Å². The van der Waals surface area contributed by atoms with Crippen molar-refractivity contribution in [2.24, 2.45) is 11.7 Å². The molecule has 4 nitrogen and oxygen atoms in total. The molecule has 3 N–H and O–H groups in total. The Morgan fingerprint density at radius 1 is 1.29 bits per heavy atom. The number of nitrogens with zero attached hydrogens (tertiary/aromatic N) is 2. The maximum absolute atomic E-state index is 5.52. The maximum Gasteiger partial charge on any atom is 0.145 e. The van der Waals surface area contributed by atoms with Gasteiger partial charge in [-0.1, -0.05) is 19.1 Å². The second-order valence-electron chi connectivity index (χ2n) is 4.31. The van der Waals surface area contributed by atoms with Crippen LogP contribution < -0.4 is 11.1 Å². The number of hydrogen-bond acceptors (Lipinski definition) is 4. The topological polar surface area (TPSA) is 63.8 Å².